The molecule has 0 aliphatic heterocycles. The molecule has 0 spiro atoms. The van der Waals surface area contributed by atoms with Crippen molar-refractivity contribution in [1.29, 1.82) is 0 Å². The number of hydrogen-bond donors (Lipinski definition) is 1. The smallest absolute Gasteiger partial charge is 0.344 e. The first-order valence-corrected chi connectivity index (χ1v) is 9.46. The Morgan fingerprint density at radius 3 is 2.46 bits per heavy atom. The second-order valence-corrected chi connectivity index (χ2v) is 7.34. The molecule has 1 N–H and O–H groups in total. The fourth-order valence-corrected chi connectivity index (χ4v) is 2.87. The van der Waals surface area contributed by atoms with Crippen LogP contribution in [0.1, 0.15) is 57.7 Å². The summed E-state index contributed by atoms with van der Waals surface area (Å²) < 4.78 is 12.3. The molecule has 1 heterocycles. The molecule has 152 valence electrons. The van der Waals surface area contributed by atoms with Crippen LogP contribution in [0.4, 0.5) is 5.82 Å². The predicted molar refractivity (Wildman–Crippen MR) is 108 cm³/mol. The summed E-state index contributed by atoms with van der Waals surface area (Å²) in [6, 6.07) is 7.51. The zero-order chi connectivity index (χ0) is 20.8. The third kappa shape index (κ3) is 5.58. The van der Waals surface area contributed by atoms with Crippen molar-refractivity contribution in [3.8, 4) is 5.75 Å². The zero-order valence-electron chi connectivity index (χ0n) is 17.4. The Hall–Kier alpha value is -2.83. The van der Waals surface area contributed by atoms with Crippen LogP contribution in [0.5, 0.6) is 5.75 Å². The largest absolute Gasteiger partial charge is 0.482 e. The van der Waals surface area contributed by atoms with Crippen LogP contribution in [0.25, 0.3) is 0 Å². The molecule has 7 heteroatoms. The van der Waals surface area contributed by atoms with Gasteiger partial charge in [-0.15, -0.1) is 0 Å². The van der Waals surface area contributed by atoms with Crippen LogP contribution in [0.2, 0.25) is 0 Å². The summed E-state index contributed by atoms with van der Waals surface area (Å²) in [5.74, 6) is 0.542. The summed E-state index contributed by atoms with van der Waals surface area (Å²) in [4.78, 5) is 24.3. The van der Waals surface area contributed by atoms with Gasteiger partial charge < -0.3 is 14.8 Å². The van der Waals surface area contributed by atoms with Crippen molar-refractivity contribution in [2.24, 2.45) is 0 Å². The van der Waals surface area contributed by atoms with Crippen LogP contribution in [-0.4, -0.2) is 34.4 Å². The Morgan fingerprint density at radius 2 is 1.86 bits per heavy atom. The van der Waals surface area contributed by atoms with Gasteiger partial charge in [-0.05, 0) is 56.9 Å². The Labute approximate surface area is 166 Å². The van der Waals surface area contributed by atoms with E-state index >= 15 is 0 Å². The summed E-state index contributed by atoms with van der Waals surface area (Å²) in [5.41, 5.74) is 2.34. The van der Waals surface area contributed by atoms with E-state index in [2.05, 4.69) is 24.3 Å². The van der Waals surface area contributed by atoms with Gasteiger partial charge in [0.05, 0.1) is 6.20 Å². The average molecular weight is 387 g/mol. The lowest BCUT2D eigenvalue weighted by Gasteiger charge is -2.16. The molecule has 0 saturated heterocycles. The van der Waals surface area contributed by atoms with Crippen molar-refractivity contribution < 1.29 is 19.1 Å². The molecule has 0 aliphatic rings. The molecule has 0 radical (unpaired) electrons. The molecule has 0 saturated carbocycles. The molecule has 0 bridgehead atoms. The molecule has 0 unspecified atom stereocenters. The Morgan fingerprint density at radius 1 is 1.14 bits per heavy atom. The number of nitrogens with zero attached hydrogens (tertiary/aromatic N) is 2. The number of anilines is 1. The van der Waals surface area contributed by atoms with Crippen molar-refractivity contribution in [3.05, 3.63) is 41.6 Å². The number of carbonyl (C=O) groups is 2. The van der Waals surface area contributed by atoms with Crippen LogP contribution in [0.15, 0.2) is 30.5 Å². The van der Waals surface area contributed by atoms with Gasteiger partial charge in [0, 0.05) is 12.1 Å². The quantitative estimate of drug-likeness (QED) is 0.696. The monoisotopic (exact) mass is 387 g/mol. The second-order valence-electron chi connectivity index (χ2n) is 7.34. The highest BCUT2D eigenvalue weighted by molar-refractivity contribution is 5.94. The third-order valence-corrected chi connectivity index (χ3v) is 4.31. The molecule has 0 aliphatic carbocycles. The van der Waals surface area contributed by atoms with Gasteiger partial charge in [-0.25, -0.2) is 9.48 Å². The Balaban J connectivity index is 1.86. The molecule has 1 aromatic heterocycles. The van der Waals surface area contributed by atoms with Gasteiger partial charge in [-0.3, -0.25) is 4.79 Å². The van der Waals surface area contributed by atoms with Crippen molar-refractivity contribution in [1.82, 2.24) is 9.78 Å². The van der Waals surface area contributed by atoms with E-state index in [-0.39, 0.29) is 12.6 Å². The molecule has 7 nitrogen and oxygen atoms in total. The normalized spacial score (nSPS) is 12.1. The highest BCUT2D eigenvalue weighted by Crippen LogP contribution is 2.23. The van der Waals surface area contributed by atoms with E-state index in [0.717, 1.165) is 5.56 Å². The molecule has 1 aromatic carbocycles. The van der Waals surface area contributed by atoms with Crippen LogP contribution in [0.3, 0.4) is 0 Å². The van der Waals surface area contributed by atoms with Crippen LogP contribution in [0, 0.1) is 6.92 Å². The first-order valence-electron chi connectivity index (χ1n) is 9.46. The molecular weight excluding hydrogens is 358 g/mol. The number of ether oxygens (including phenoxy) is 2. The summed E-state index contributed by atoms with van der Waals surface area (Å²) in [6.07, 6.45) is 0.656. The van der Waals surface area contributed by atoms with E-state index in [1.165, 1.54) is 12.5 Å². The number of benzene rings is 1. The highest BCUT2D eigenvalue weighted by Gasteiger charge is 2.20. The Bertz CT molecular complexity index is 827. The maximum absolute atomic E-state index is 12.3. The summed E-state index contributed by atoms with van der Waals surface area (Å²) in [6.45, 7) is 11.4. The van der Waals surface area contributed by atoms with Crippen LogP contribution in [-0.2, 0) is 14.3 Å². The third-order valence-electron chi connectivity index (χ3n) is 4.31. The van der Waals surface area contributed by atoms with E-state index < -0.39 is 18.0 Å². The molecule has 0 fully saturated rings. The first kappa shape index (κ1) is 21.5. The number of esters is 1. The molecular formula is C21H29N3O4. The minimum absolute atomic E-state index is 0.0992. The predicted octanol–water partition coefficient (Wildman–Crippen LogP) is 3.85. The number of aromatic nitrogens is 2. The van der Waals surface area contributed by atoms with Gasteiger partial charge in [-0.1, -0.05) is 19.9 Å². The van der Waals surface area contributed by atoms with Crippen molar-refractivity contribution in [2.45, 2.75) is 59.6 Å². The number of nitrogens with one attached hydrogen (secondary N) is 1. The van der Waals surface area contributed by atoms with Gasteiger partial charge in [0.25, 0.3) is 5.91 Å². The zero-order valence-corrected chi connectivity index (χ0v) is 17.4. The Kier molecular flexibility index (Phi) is 7.20. The topological polar surface area (TPSA) is 82.4 Å². The highest BCUT2D eigenvalue weighted by atomic mass is 16.6. The SMILES string of the molecule is Cc1cc(OCC(=O)O[C@@H](C)C(=O)Nc2ccnn2C(C)C)ccc1C(C)C. The van der Waals surface area contributed by atoms with E-state index in [1.807, 2.05) is 39.0 Å². The minimum Gasteiger partial charge on any atom is -0.482 e. The summed E-state index contributed by atoms with van der Waals surface area (Å²) in [5, 5.41) is 6.87. The van der Waals surface area contributed by atoms with Crippen LogP contribution < -0.4 is 10.1 Å². The van der Waals surface area contributed by atoms with E-state index in [0.29, 0.717) is 17.5 Å². The van der Waals surface area contributed by atoms with Crippen molar-refractivity contribution in [3.63, 3.8) is 0 Å². The van der Waals surface area contributed by atoms with Gasteiger partial charge >= 0.3 is 5.97 Å². The van der Waals surface area contributed by atoms with Crippen molar-refractivity contribution >= 4 is 17.7 Å². The van der Waals surface area contributed by atoms with E-state index in [4.69, 9.17) is 9.47 Å². The molecule has 2 rings (SSSR count). The maximum atomic E-state index is 12.3. The number of hydrogen-bond acceptors (Lipinski definition) is 5. The lowest BCUT2D eigenvalue weighted by molar-refractivity contribution is -0.155. The lowest BCUT2D eigenvalue weighted by Crippen LogP contribution is -2.32. The van der Waals surface area contributed by atoms with Crippen molar-refractivity contribution in [2.75, 3.05) is 11.9 Å². The second kappa shape index (κ2) is 9.39. The minimum atomic E-state index is -0.948. The molecule has 1 amide bonds. The van der Waals surface area contributed by atoms with Crippen LogP contribution >= 0.6 is 0 Å². The number of rotatable bonds is 8. The summed E-state index contributed by atoms with van der Waals surface area (Å²) >= 11 is 0. The molecule has 28 heavy (non-hydrogen) atoms. The lowest BCUT2D eigenvalue weighted by atomic mass is 9.98. The average Bonchev–Trinajstić information content (AvgIpc) is 3.08. The molecule has 1 atom stereocenters. The fraction of sp³-hybridized carbons (Fsp3) is 0.476. The number of carbonyl (C=O) groups excluding carboxylic acids is 2. The maximum Gasteiger partial charge on any atom is 0.344 e. The van der Waals surface area contributed by atoms with E-state index in [1.54, 1.807) is 16.9 Å². The van der Waals surface area contributed by atoms with E-state index in [9.17, 15) is 9.59 Å². The first-order chi connectivity index (χ1) is 13.2. The van der Waals surface area contributed by atoms with Gasteiger partial charge in [-0.2, -0.15) is 5.10 Å². The molecule has 2 aromatic rings. The number of aryl methyl sites for hydroxylation is 1. The number of amides is 1. The fourth-order valence-electron chi connectivity index (χ4n) is 2.87. The van der Waals surface area contributed by atoms with Gasteiger partial charge in [0.2, 0.25) is 0 Å². The van der Waals surface area contributed by atoms with Gasteiger partial charge in [0.1, 0.15) is 11.6 Å². The summed E-state index contributed by atoms with van der Waals surface area (Å²) in [7, 11) is 0. The standard InChI is InChI=1S/C21H29N3O4/c1-13(2)18-8-7-17(11-15(18)5)27-12-20(25)28-16(6)21(26)23-19-9-10-22-24(19)14(3)4/h7-11,13-14,16H,12H2,1-6H3,(H,23,26)/t16-/m0/s1. The van der Waals surface area contributed by atoms with Gasteiger partial charge in [0.15, 0.2) is 12.7 Å².